The molecule has 7 aliphatic carbocycles. The summed E-state index contributed by atoms with van der Waals surface area (Å²) >= 11 is 0. The second-order valence-corrected chi connectivity index (χ2v) is 39.3. The number of aliphatic hydroxyl groups is 6. The van der Waals surface area contributed by atoms with E-state index in [4.69, 9.17) is 22.2 Å². The summed E-state index contributed by atoms with van der Waals surface area (Å²) in [5, 5.41) is 68.7. The Bertz CT molecular complexity index is 5370. The number of aliphatic hydroxyl groups excluding tert-OH is 6. The van der Waals surface area contributed by atoms with Gasteiger partial charge in [-0.05, 0) is 219 Å². The number of aliphatic imine (C=N–C) groups is 2. The van der Waals surface area contributed by atoms with E-state index in [2.05, 4.69) is 136 Å². The van der Waals surface area contributed by atoms with Gasteiger partial charge < -0.3 is 76.0 Å². The molecule has 12 atom stereocenters. The summed E-state index contributed by atoms with van der Waals surface area (Å²) in [5.41, 5.74) is 28.7. The quantitative estimate of drug-likeness (QED) is 0.0214. The lowest BCUT2D eigenvalue weighted by Gasteiger charge is -2.46. The second-order valence-electron chi connectivity index (χ2n) is 39.3. The first-order chi connectivity index (χ1) is 60.6. The Morgan fingerprint density at radius 2 is 0.866 bits per heavy atom. The Hall–Kier alpha value is -9.45. The topological polar surface area (TPSA) is 373 Å². The molecule has 7 aromatic heterocycles. The van der Waals surface area contributed by atoms with Gasteiger partial charge in [0.05, 0.1) is 75.0 Å². The molecule has 0 spiro atoms. The summed E-state index contributed by atoms with van der Waals surface area (Å²) in [5.74, 6) is 4.25. The van der Waals surface area contributed by atoms with E-state index < -0.39 is 49.3 Å². The number of aryl methyl sites for hydroxylation is 1. The molecule has 9 heterocycles. The van der Waals surface area contributed by atoms with Crippen LogP contribution in [0, 0.1) is 41.4 Å². The van der Waals surface area contributed by atoms with Crippen molar-refractivity contribution in [2.24, 2.45) is 51.4 Å². The Balaban J connectivity index is 0.000000134. The van der Waals surface area contributed by atoms with E-state index in [9.17, 15) is 57.0 Å². The van der Waals surface area contributed by atoms with Crippen LogP contribution in [0.3, 0.4) is 0 Å². The van der Waals surface area contributed by atoms with Crippen LogP contribution in [0.25, 0.3) is 44.1 Å². The minimum atomic E-state index is -4.72. The molecule has 10 aromatic rings. The van der Waals surface area contributed by atoms with Crippen molar-refractivity contribution in [3.05, 3.63) is 133 Å². The lowest BCUT2D eigenvalue weighted by Crippen LogP contribution is -2.51. The monoisotopic (exact) mass is 1760 g/mol. The Kier molecular flexibility index (Phi) is 25.7. The number of ether oxygens (including phenoxy) is 2. The fraction of sp³-hybridized carbons (Fsp3) is 0.585. The Morgan fingerprint density at radius 3 is 1.25 bits per heavy atom. The summed E-state index contributed by atoms with van der Waals surface area (Å²) in [6, 6.07) is 22.1. The molecule has 0 saturated heterocycles. The minimum absolute atomic E-state index is 0.0179. The van der Waals surface area contributed by atoms with Gasteiger partial charge in [-0.3, -0.25) is 24.7 Å². The zero-order valence-corrected chi connectivity index (χ0v) is 73.2. The van der Waals surface area contributed by atoms with Crippen molar-refractivity contribution < 1.29 is 66.5 Å². The molecule has 33 heteroatoms. The van der Waals surface area contributed by atoms with Gasteiger partial charge in [-0.15, -0.1) is 26.3 Å². The maximum Gasteiger partial charge on any atom is 0.573 e. The van der Waals surface area contributed by atoms with E-state index in [1.807, 2.05) is 50.5 Å². The Morgan fingerprint density at radius 1 is 0.465 bits per heavy atom. The number of fused-ring (bicyclic) bond motifs is 6. The van der Waals surface area contributed by atoms with Gasteiger partial charge in [0.1, 0.15) is 89.0 Å². The van der Waals surface area contributed by atoms with Gasteiger partial charge in [-0.1, -0.05) is 45.4 Å². The van der Waals surface area contributed by atoms with Crippen LogP contribution in [0.4, 0.5) is 55.2 Å². The third kappa shape index (κ3) is 19.6. The predicted molar refractivity (Wildman–Crippen MR) is 475 cm³/mol. The number of hydrogen-bond donors (Lipinski definition) is 10. The van der Waals surface area contributed by atoms with Crippen molar-refractivity contribution in [2.75, 3.05) is 43.4 Å². The fourth-order valence-electron chi connectivity index (χ4n) is 21.7. The van der Waals surface area contributed by atoms with Crippen LogP contribution in [0.5, 0.6) is 11.5 Å². The summed E-state index contributed by atoms with van der Waals surface area (Å²) in [7, 11) is 0. The number of nitrogens with one attached hydrogen (secondary N) is 1. The standard InChI is InChI=1S/C34H47N7O2.2C30H37F3N6O3/c1-34(2,3)23-8-9-26-27(16-23)39-29(38-26)10-7-21-13-24(14-21)40(17-20-5-4-6-20)18-22-15-28(31(43)30(22)42)41-12-11-25-32(35)36-19-37-33(25)41;2*1-16(2)39(14-19-12-25(27(41)26(19)40)38-8-7-23-28(34)35-15-36-29(23)38)21-9-17(10-21)3-5-20-11-18-4-6-22(13-24(18)37-20)42-30(31,32)33/h8-9,11-12,16,19-22,24,28,30-31,42-43H,4-7,10,13-15,17-18H2,1-3H3,(H,38,39)(H2,35,36,37);2*4,6-8,13,15-17,19,21,25-27,40-41H,3,5,9-12,14H2,1-2H3,(H2,34,35,36)/t21?,22-,24?,28-,30-,31+;2*17?,19-,21?,25-,26-,27+/m111/s1. The third-order valence-corrected chi connectivity index (χ3v) is 29.3. The van der Waals surface area contributed by atoms with Gasteiger partial charge in [-0.25, -0.2) is 34.9 Å². The molecule has 0 amide bonds. The molecule has 13 N–H and O–H groups in total. The van der Waals surface area contributed by atoms with Gasteiger partial charge in [0, 0.05) is 136 Å². The number of imidazole rings is 1. The van der Waals surface area contributed by atoms with E-state index in [1.54, 1.807) is 12.1 Å². The first-order valence-electron chi connectivity index (χ1n) is 45.5. The molecule has 9 aliphatic rings. The van der Waals surface area contributed by atoms with Crippen LogP contribution in [-0.2, 0) is 24.7 Å². The van der Waals surface area contributed by atoms with Gasteiger partial charge in [0.25, 0.3) is 0 Å². The van der Waals surface area contributed by atoms with Gasteiger partial charge in [-0.2, -0.15) is 0 Å². The summed E-state index contributed by atoms with van der Waals surface area (Å²) in [6.07, 6.45) is 15.0. The van der Waals surface area contributed by atoms with E-state index in [0.717, 1.165) is 151 Å². The van der Waals surface area contributed by atoms with Crippen molar-refractivity contribution >= 4 is 84.4 Å². The average molecular weight is 1760 g/mol. The van der Waals surface area contributed by atoms with Crippen LogP contribution in [0.15, 0.2) is 120 Å². The highest BCUT2D eigenvalue weighted by atomic mass is 19.4. The average Bonchev–Trinajstić information content (AvgIpc) is 1.73. The highest BCUT2D eigenvalue weighted by Crippen LogP contribution is 2.48. The summed E-state index contributed by atoms with van der Waals surface area (Å²) in [6.45, 7) is 18.8. The molecule has 27 nitrogen and oxygen atoms in total. The van der Waals surface area contributed by atoms with Crippen LogP contribution >= 0.6 is 0 Å². The number of aromatic nitrogens is 11. The molecule has 682 valence electrons. The number of nitrogens with zero attached hydrogens (tertiary/aromatic N) is 15. The maximum atomic E-state index is 12.6. The number of nitrogen functional groups attached to an aromatic ring is 3. The Labute approximate surface area is 734 Å². The van der Waals surface area contributed by atoms with Crippen LogP contribution in [-0.4, -0.2) is 216 Å². The lowest BCUT2D eigenvalue weighted by atomic mass is 9.75. The van der Waals surface area contributed by atoms with Gasteiger partial charge >= 0.3 is 12.7 Å². The van der Waals surface area contributed by atoms with Gasteiger partial charge in [0.2, 0.25) is 0 Å². The number of halogens is 6. The van der Waals surface area contributed by atoms with Crippen LogP contribution in [0.1, 0.15) is 198 Å². The van der Waals surface area contributed by atoms with Crippen molar-refractivity contribution in [1.29, 1.82) is 0 Å². The number of rotatable bonds is 27. The smallest absolute Gasteiger partial charge is 0.406 e. The molecule has 2 aliphatic heterocycles. The number of nitrogens with two attached hydrogens (primary N) is 3. The van der Waals surface area contributed by atoms with E-state index in [1.165, 1.54) is 80.9 Å². The normalized spacial score (nSPS) is 27.7. The van der Waals surface area contributed by atoms with Crippen molar-refractivity contribution in [3.63, 3.8) is 0 Å². The first-order valence-corrected chi connectivity index (χ1v) is 45.5. The molecular formula is C94H121F6N19O8. The highest BCUT2D eigenvalue weighted by Gasteiger charge is 2.50. The number of anilines is 3. The van der Waals surface area contributed by atoms with E-state index in [0.29, 0.717) is 127 Å². The molecule has 0 bridgehead atoms. The summed E-state index contributed by atoms with van der Waals surface area (Å²) < 4.78 is 89.2. The number of aromatic amines is 1. The number of H-pyrrole nitrogens is 1. The SMILES string of the molecule is CC(C)(C)c1ccc2nc(CCC3CC(N(CC4CCC4)C[C@H]4C[C@@H](n5ccc6c(N)ncnc65)[C@H](O)[C@@H]4O)C3)[nH]c2c1.CC(C)N(C[C@H]1C[C@@H](n2ccc3c(N)ncnc32)[C@H](O)[C@@H]1O)C1CC(CCC2=Nc3cc(OC(F)(F)F)ccc3C2)C1.CC(C)N(C[C@H]1C[C@@H](n2ccc3c(N)ncnc32)[C@H](O)[C@@H]1O)C1CC(CCC2=Nc3cc(OC(F)(F)F)ccc3C2)C1. The van der Waals surface area contributed by atoms with E-state index in [-0.39, 0.29) is 52.8 Å². The lowest BCUT2D eigenvalue weighted by molar-refractivity contribution is -0.275. The third-order valence-electron chi connectivity index (χ3n) is 29.3. The highest BCUT2D eigenvalue weighted by molar-refractivity contribution is 5.95. The number of alkyl halides is 6. The largest absolute Gasteiger partial charge is 0.573 e. The summed E-state index contributed by atoms with van der Waals surface area (Å²) in [4.78, 5) is 50.6. The molecule has 7 fully saturated rings. The van der Waals surface area contributed by atoms with Crippen LogP contribution < -0.4 is 26.7 Å². The molecule has 0 radical (unpaired) electrons. The van der Waals surface area contributed by atoms with Crippen molar-refractivity contribution in [1.82, 2.24) is 68.3 Å². The van der Waals surface area contributed by atoms with Crippen molar-refractivity contribution in [2.45, 2.75) is 280 Å². The molecular weight excluding hydrogens is 1640 g/mol. The maximum absolute atomic E-state index is 12.6. The molecule has 19 rings (SSSR count). The molecule has 3 aromatic carbocycles. The van der Waals surface area contributed by atoms with E-state index >= 15 is 0 Å². The molecule has 127 heavy (non-hydrogen) atoms. The molecule has 7 saturated carbocycles. The predicted octanol–water partition coefficient (Wildman–Crippen LogP) is 14.6. The van der Waals surface area contributed by atoms with Crippen molar-refractivity contribution in [3.8, 4) is 11.5 Å². The number of hydrogen-bond acceptors (Lipinski definition) is 23. The minimum Gasteiger partial charge on any atom is -0.406 e. The van der Waals surface area contributed by atoms with Gasteiger partial charge in [0.15, 0.2) is 0 Å². The fourth-order valence-corrected chi connectivity index (χ4v) is 21.7. The number of benzene rings is 3. The zero-order valence-electron chi connectivity index (χ0n) is 73.2. The molecule has 0 unspecified atom stereocenters. The second kappa shape index (κ2) is 36.5. The zero-order chi connectivity index (χ0) is 89.4. The first kappa shape index (κ1) is 89.5. The van der Waals surface area contributed by atoms with Crippen LogP contribution in [0.2, 0.25) is 0 Å².